The van der Waals surface area contributed by atoms with E-state index in [4.69, 9.17) is 5.11 Å². The summed E-state index contributed by atoms with van der Waals surface area (Å²) >= 11 is 0. The summed E-state index contributed by atoms with van der Waals surface area (Å²) in [5, 5.41) is 8.83. The van der Waals surface area contributed by atoms with Gasteiger partial charge in [-0.3, -0.25) is 0 Å². The number of aliphatic hydroxyl groups is 1. The third-order valence-corrected chi connectivity index (χ3v) is 1.72. The minimum Gasteiger partial charge on any atom is -0.395 e. The molecule has 0 amide bonds. The number of nitrogens with zero attached hydrogens (tertiary/aromatic N) is 1. The van der Waals surface area contributed by atoms with Crippen molar-refractivity contribution in [1.29, 1.82) is 0 Å². The van der Waals surface area contributed by atoms with E-state index in [2.05, 4.69) is 33.9 Å². The zero-order valence-electron chi connectivity index (χ0n) is 8.30. The lowest BCUT2D eigenvalue weighted by Gasteiger charge is -2.37. The highest BCUT2D eigenvalue weighted by atomic mass is 16.3. The highest BCUT2D eigenvalue weighted by Crippen LogP contribution is 2.18. The molecule has 1 N–H and O–H groups in total. The second-order valence-corrected chi connectivity index (χ2v) is 3.74. The molecule has 70 valence electrons. The fourth-order valence-electron chi connectivity index (χ4n) is 1.12. The van der Waals surface area contributed by atoms with Crippen LogP contribution in [0.3, 0.4) is 0 Å². The first-order valence-electron chi connectivity index (χ1n) is 4.13. The Kier molecular flexibility index (Phi) is 4.04. The lowest BCUT2D eigenvalue weighted by molar-refractivity contribution is 0.149. The highest BCUT2D eigenvalue weighted by Gasteiger charge is 2.20. The van der Waals surface area contributed by atoms with Gasteiger partial charge in [-0.1, -0.05) is 13.2 Å². The monoisotopic (exact) mass is 169 g/mol. The van der Waals surface area contributed by atoms with Gasteiger partial charge in [0, 0.05) is 17.8 Å². The summed E-state index contributed by atoms with van der Waals surface area (Å²) in [6, 6.07) is 0. The molecule has 0 aliphatic rings. The van der Waals surface area contributed by atoms with Crippen molar-refractivity contribution in [3.8, 4) is 0 Å². The molecule has 0 aliphatic carbocycles. The van der Waals surface area contributed by atoms with Crippen molar-refractivity contribution in [2.45, 2.75) is 26.3 Å². The lowest BCUT2D eigenvalue weighted by Crippen LogP contribution is -2.41. The van der Waals surface area contributed by atoms with Crippen LogP contribution in [-0.4, -0.2) is 28.7 Å². The minimum atomic E-state index is -0.00595. The van der Waals surface area contributed by atoms with E-state index < -0.39 is 0 Å². The fourth-order valence-corrected chi connectivity index (χ4v) is 1.12. The third kappa shape index (κ3) is 3.09. The van der Waals surface area contributed by atoms with E-state index in [1.165, 1.54) is 0 Å². The summed E-state index contributed by atoms with van der Waals surface area (Å²) < 4.78 is 0. The van der Waals surface area contributed by atoms with Crippen LogP contribution in [0.25, 0.3) is 0 Å². The Morgan fingerprint density at radius 3 is 2.25 bits per heavy atom. The molecule has 0 unspecified atom stereocenters. The molecule has 12 heavy (non-hydrogen) atoms. The average Bonchev–Trinajstić information content (AvgIpc) is 1.96. The van der Waals surface area contributed by atoms with Gasteiger partial charge in [0.1, 0.15) is 0 Å². The van der Waals surface area contributed by atoms with Crippen molar-refractivity contribution in [2.24, 2.45) is 0 Å². The van der Waals surface area contributed by atoms with Crippen LogP contribution in [0.2, 0.25) is 0 Å². The van der Waals surface area contributed by atoms with Crippen molar-refractivity contribution >= 4 is 0 Å². The Hall–Kier alpha value is -0.760. The number of β-amino-alcohol motifs (C(OH)–C–C–N with tert-alkyl or cyclic N) is 1. The van der Waals surface area contributed by atoms with E-state index in [0.717, 1.165) is 5.70 Å². The fraction of sp³-hybridized carbons (Fsp3) is 0.600. The molecule has 0 fully saturated rings. The summed E-state index contributed by atoms with van der Waals surface area (Å²) in [7, 11) is 0. The van der Waals surface area contributed by atoms with Gasteiger partial charge in [-0.15, -0.1) is 0 Å². The Morgan fingerprint density at radius 2 is 2.00 bits per heavy atom. The van der Waals surface area contributed by atoms with Crippen LogP contribution in [0.5, 0.6) is 0 Å². The van der Waals surface area contributed by atoms with Gasteiger partial charge in [-0.05, 0) is 26.8 Å². The zero-order chi connectivity index (χ0) is 9.78. The molecule has 0 atom stereocenters. The molecule has 0 saturated carbocycles. The smallest absolute Gasteiger partial charge is 0.0606 e. The zero-order valence-corrected chi connectivity index (χ0v) is 8.30. The second-order valence-electron chi connectivity index (χ2n) is 3.74. The standard InChI is InChI=1S/C10H19NO/c1-6-9(2)11(7-8-12)10(3,4)5/h6,12H,1-2,7-8H2,3-5H3. The van der Waals surface area contributed by atoms with E-state index >= 15 is 0 Å². The van der Waals surface area contributed by atoms with Gasteiger partial charge in [0.05, 0.1) is 6.61 Å². The molecule has 0 aromatic rings. The van der Waals surface area contributed by atoms with Crippen LogP contribution in [0, 0.1) is 0 Å². The Labute approximate surface area is 75.2 Å². The molecule has 0 aromatic carbocycles. The molecular weight excluding hydrogens is 150 g/mol. The number of rotatable bonds is 4. The first-order valence-corrected chi connectivity index (χ1v) is 4.13. The first kappa shape index (κ1) is 11.2. The number of hydrogen-bond donors (Lipinski definition) is 1. The van der Waals surface area contributed by atoms with Crippen LogP contribution >= 0.6 is 0 Å². The van der Waals surface area contributed by atoms with Crippen molar-refractivity contribution in [2.75, 3.05) is 13.2 Å². The van der Waals surface area contributed by atoms with Gasteiger partial charge in [0.2, 0.25) is 0 Å². The summed E-state index contributed by atoms with van der Waals surface area (Å²) in [6.07, 6.45) is 1.71. The maximum atomic E-state index is 8.83. The van der Waals surface area contributed by atoms with Crippen molar-refractivity contribution in [3.05, 3.63) is 24.9 Å². The molecule has 0 bridgehead atoms. The predicted molar refractivity (Wildman–Crippen MR) is 52.9 cm³/mol. The molecule has 2 nitrogen and oxygen atoms in total. The average molecular weight is 169 g/mol. The van der Waals surface area contributed by atoms with Gasteiger partial charge in [0.15, 0.2) is 0 Å². The van der Waals surface area contributed by atoms with Crippen molar-refractivity contribution < 1.29 is 5.11 Å². The Balaban J connectivity index is 4.43. The molecule has 2 heteroatoms. The number of aliphatic hydroxyl groups excluding tert-OH is 1. The quantitative estimate of drug-likeness (QED) is 0.648. The molecule has 0 aliphatic heterocycles. The molecule has 0 heterocycles. The van der Waals surface area contributed by atoms with Gasteiger partial charge >= 0.3 is 0 Å². The molecule has 0 spiro atoms. The van der Waals surface area contributed by atoms with E-state index in [-0.39, 0.29) is 12.1 Å². The summed E-state index contributed by atoms with van der Waals surface area (Å²) in [5.74, 6) is 0. The van der Waals surface area contributed by atoms with Crippen LogP contribution in [0.1, 0.15) is 20.8 Å². The summed E-state index contributed by atoms with van der Waals surface area (Å²) in [6.45, 7) is 14.5. The van der Waals surface area contributed by atoms with Crippen LogP contribution < -0.4 is 0 Å². The topological polar surface area (TPSA) is 23.5 Å². The number of allylic oxidation sites excluding steroid dienone is 1. The van der Waals surface area contributed by atoms with Gasteiger partial charge in [0.25, 0.3) is 0 Å². The Morgan fingerprint density at radius 1 is 1.50 bits per heavy atom. The van der Waals surface area contributed by atoms with E-state index in [0.29, 0.717) is 6.54 Å². The maximum absolute atomic E-state index is 8.83. The highest BCUT2D eigenvalue weighted by molar-refractivity contribution is 5.12. The van der Waals surface area contributed by atoms with Gasteiger partial charge < -0.3 is 10.0 Å². The van der Waals surface area contributed by atoms with Gasteiger partial charge in [-0.2, -0.15) is 0 Å². The largest absolute Gasteiger partial charge is 0.395 e. The maximum Gasteiger partial charge on any atom is 0.0606 e. The third-order valence-electron chi connectivity index (χ3n) is 1.72. The van der Waals surface area contributed by atoms with Crippen molar-refractivity contribution in [3.63, 3.8) is 0 Å². The minimum absolute atomic E-state index is 0.00595. The van der Waals surface area contributed by atoms with Gasteiger partial charge in [-0.25, -0.2) is 0 Å². The van der Waals surface area contributed by atoms with Crippen LogP contribution in [-0.2, 0) is 0 Å². The van der Waals surface area contributed by atoms with Crippen LogP contribution in [0.15, 0.2) is 24.9 Å². The van der Waals surface area contributed by atoms with Crippen LogP contribution in [0.4, 0.5) is 0 Å². The summed E-state index contributed by atoms with van der Waals surface area (Å²) in [4.78, 5) is 2.03. The number of hydrogen-bond acceptors (Lipinski definition) is 2. The first-order chi connectivity index (χ1) is 5.43. The molecular formula is C10H19NO. The normalized spacial score (nSPS) is 11.0. The molecule has 0 aromatic heterocycles. The van der Waals surface area contributed by atoms with E-state index in [1.807, 2.05) is 4.90 Å². The predicted octanol–water partition coefficient (Wildman–Crippen LogP) is 1.78. The summed E-state index contributed by atoms with van der Waals surface area (Å²) in [5.41, 5.74) is 0.852. The molecule has 0 radical (unpaired) electrons. The van der Waals surface area contributed by atoms with E-state index in [9.17, 15) is 0 Å². The Bertz CT molecular complexity index is 167. The molecule has 0 rings (SSSR count). The van der Waals surface area contributed by atoms with Crippen molar-refractivity contribution in [1.82, 2.24) is 4.90 Å². The lowest BCUT2D eigenvalue weighted by atomic mass is 10.1. The SMILES string of the molecule is C=CC(=C)N(CCO)C(C)(C)C. The van der Waals surface area contributed by atoms with E-state index in [1.54, 1.807) is 6.08 Å². The second kappa shape index (κ2) is 4.31. The molecule has 0 saturated heterocycles.